The van der Waals surface area contributed by atoms with Crippen LogP contribution in [0.25, 0.3) is 0 Å². The normalized spacial score (nSPS) is 19.7. The summed E-state index contributed by atoms with van der Waals surface area (Å²) in [6.07, 6.45) is 8.82. The van der Waals surface area contributed by atoms with E-state index in [1.54, 1.807) is 0 Å². The highest BCUT2D eigenvalue weighted by Gasteiger charge is 2.39. The third kappa shape index (κ3) is 9.35. The average Bonchev–Trinajstić information content (AvgIpc) is 2.52. The average molecular weight is 412 g/mol. The zero-order chi connectivity index (χ0) is 21.5. The van der Waals surface area contributed by atoms with Gasteiger partial charge in [-0.15, -0.1) is 0 Å². The van der Waals surface area contributed by atoms with E-state index in [0.717, 1.165) is 58.6 Å². The lowest BCUT2D eigenvalue weighted by Gasteiger charge is -2.44. The van der Waals surface area contributed by atoms with Gasteiger partial charge in [-0.1, -0.05) is 6.42 Å². The van der Waals surface area contributed by atoms with Crippen LogP contribution >= 0.6 is 0 Å². The largest absolute Gasteiger partial charge is 0.381 e. The molecule has 2 aliphatic rings. The molecule has 0 bridgehead atoms. The molecular formula is C24H45NO4. The van der Waals surface area contributed by atoms with Crippen LogP contribution in [0.1, 0.15) is 92.9 Å². The minimum atomic E-state index is -0.132. The third-order valence-electron chi connectivity index (χ3n) is 5.88. The number of carbonyl (C=O) groups is 1. The van der Waals surface area contributed by atoms with Crippen molar-refractivity contribution in [3.63, 3.8) is 0 Å². The van der Waals surface area contributed by atoms with Crippen molar-refractivity contribution in [2.75, 3.05) is 32.9 Å². The van der Waals surface area contributed by atoms with E-state index < -0.39 is 0 Å². The van der Waals surface area contributed by atoms with Crippen LogP contribution in [0.15, 0.2) is 0 Å². The molecule has 5 heteroatoms. The Balaban J connectivity index is 1.53. The zero-order valence-corrected chi connectivity index (χ0v) is 19.8. The van der Waals surface area contributed by atoms with Crippen LogP contribution in [0.2, 0.25) is 0 Å². The molecule has 5 nitrogen and oxygen atoms in total. The lowest BCUT2D eigenvalue weighted by atomic mass is 9.66. The summed E-state index contributed by atoms with van der Waals surface area (Å²) in [5.41, 5.74) is 0.0745. The number of carbonyl (C=O) groups excluding carboxylic acids is 1. The van der Waals surface area contributed by atoms with Crippen molar-refractivity contribution in [1.82, 2.24) is 4.90 Å². The molecule has 170 valence electrons. The van der Waals surface area contributed by atoms with Gasteiger partial charge in [-0.05, 0) is 85.5 Å². The second kappa shape index (κ2) is 10.6. The molecule has 0 atom stereocenters. The number of ether oxygens (including phenoxy) is 3. The standard InChI is InChI=1S/C24H45NO4/c1-22(2,3)28-16-9-7-8-15-27-19-24(12-10-13-24)14-11-21(26)25-17-20(18-25)29-23(4,5)6/h20H,7-19H2,1-6H3. The number of unbranched alkanes of at least 4 members (excludes halogenated alkanes) is 2. The van der Waals surface area contributed by atoms with Gasteiger partial charge in [0, 0.05) is 32.7 Å². The lowest BCUT2D eigenvalue weighted by molar-refractivity contribution is -0.158. The van der Waals surface area contributed by atoms with Gasteiger partial charge in [0.2, 0.25) is 5.91 Å². The highest BCUT2D eigenvalue weighted by Crippen LogP contribution is 2.45. The first-order chi connectivity index (χ1) is 13.5. The van der Waals surface area contributed by atoms with Gasteiger partial charge in [0.1, 0.15) is 0 Å². The van der Waals surface area contributed by atoms with Crippen molar-refractivity contribution >= 4 is 5.91 Å². The molecule has 1 amide bonds. The van der Waals surface area contributed by atoms with E-state index in [2.05, 4.69) is 41.5 Å². The molecule has 1 heterocycles. The van der Waals surface area contributed by atoms with E-state index in [1.165, 1.54) is 19.3 Å². The zero-order valence-electron chi connectivity index (χ0n) is 19.8. The fraction of sp³-hybridized carbons (Fsp3) is 0.958. The maximum absolute atomic E-state index is 12.5. The number of hydrogen-bond donors (Lipinski definition) is 0. The van der Waals surface area contributed by atoms with Gasteiger partial charge in [-0.25, -0.2) is 0 Å². The van der Waals surface area contributed by atoms with Crippen LogP contribution in [-0.4, -0.2) is 61.0 Å². The van der Waals surface area contributed by atoms with Gasteiger partial charge in [-0.2, -0.15) is 0 Å². The van der Waals surface area contributed by atoms with Crippen molar-refractivity contribution in [3.05, 3.63) is 0 Å². The fourth-order valence-corrected chi connectivity index (χ4v) is 4.04. The quantitative estimate of drug-likeness (QED) is 0.426. The van der Waals surface area contributed by atoms with Crippen molar-refractivity contribution in [1.29, 1.82) is 0 Å². The van der Waals surface area contributed by atoms with E-state index in [4.69, 9.17) is 14.2 Å². The van der Waals surface area contributed by atoms with Crippen LogP contribution in [0.4, 0.5) is 0 Å². The summed E-state index contributed by atoms with van der Waals surface area (Å²) >= 11 is 0. The van der Waals surface area contributed by atoms with E-state index in [-0.39, 0.29) is 28.6 Å². The van der Waals surface area contributed by atoms with Crippen molar-refractivity contribution in [3.8, 4) is 0 Å². The number of rotatable bonds is 12. The summed E-state index contributed by atoms with van der Waals surface area (Å²) in [6.45, 7) is 16.5. The van der Waals surface area contributed by atoms with E-state index in [0.29, 0.717) is 6.42 Å². The minimum absolute atomic E-state index is 0.0406. The Morgan fingerprint density at radius 1 is 0.966 bits per heavy atom. The first kappa shape index (κ1) is 24.6. The molecule has 0 aromatic heterocycles. The molecule has 0 aromatic carbocycles. The molecule has 1 aliphatic heterocycles. The first-order valence-electron chi connectivity index (χ1n) is 11.7. The highest BCUT2D eigenvalue weighted by molar-refractivity contribution is 5.77. The van der Waals surface area contributed by atoms with Gasteiger partial charge in [0.05, 0.1) is 23.9 Å². The molecule has 2 rings (SSSR count). The molecule has 2 fully saturated rings. The lowest BCUT2D eigenvalue weighted by Crippen LogP contribution is -2.56. The van der Waals surface area contributed by atoms with Crippen LogP contribution < -0.4 is 0 Å². The van der Waals surface area contributed by atoms with Gasteiger partial charge in [0.15, 0.2) is 0 Å². The molecule has 0 spiro atoms. The third-order valence-corrected chi connectivity index (χ3v) is 5.88. The van der Waals surface area contributed by atoms with Crippen LogP contribution in [0, 0.1) is 5.41 Å². The van der Waals surface area contributed by atoms with Gasteiger partial charge < -0.3 is 19.1 Å². The van der Waals surface area contributed by atoms with Gasteiger partial charge >= 0.3 is 0 Å². The van der Waals surface area contributed by atoms with E-state index in [9.17, 15) is 4.79 Å². The van der Waals surface area contributed by atoms with E-state index >= 15 is 0 Å². The summed E-state index contributed by atoms with van der Waals surface area (Å²) in [4.78, 5) is 14.4. The molecule has 0 N–H and O–H groups in total. The maximum atomic E-state index is 12.5. The Hall–Kier alpha value is -0.650. The summed E-state index contributed by atoms with van der Waals surface area (Å²) in [6, 6.07) is 0. The predicted octanol–water partition coefficient (Wildman–Crippen LogP) is 4.96. The molecule has 1 saturated carbocycles. The molecule has 0 aromatic rings. The Kier molecular flexibility index (Phi) is 8.99. The second-order valence-electron chi connectivity index (χ2n) is 11.1. The van der Waals surface area contributed by atoms with E-state index in [1.807, 2.05) is 4.90 Å². The molecule has 0 unspecified atom stereocenters. The Bertz CT molecular complexity index is 496. The molecule has 1 aliphatic carbocycles. The fourth-order valence-electron chi connectivity index (χ4n) is 4.04. The number of nitrogens with zero attached hydrogens (tertiary/aromatic N) is 1. The first-order valence-corrected chi connectivity index (χ1v) is 11.7. The van der Waals surface area contributed by atoms with Crippen molar-refractivity contribution < 1.29 is 19.0 Å². The number of hydrogen-bond acceptors (Lipinski definition) is 4. The second-order valence-corrected chi connectivity index (χ2v) is 11.1. The monoisotopic (exact) mass is 411 g/mol. The van der Waals surface area contributed by atoms with Crippen LogP contribution in [0.5, 0.6) is 0 Å². The Labute approximate surface area is 178 Å². The summed E-state index contributed by atoms with van der Waals surface area (Å²) in [5.74, 6) is 0.281. The summed E-state index contributed by atoms with van der Waals surface area (Å²) in [5, 5.41) is 0. The summed E-state index contributed by atoms with van der Waals surface area (Å²) in [7, 11) is 0. The molecule has 1 saturated heterocycles. The maximum Gasteiger partial charge on any atom is 0.222 e. The van der Waals surface area contributed by atoms with Gasteiger partial charge in [-0.3, -0.25) is 4.79 Å². The van der Waals surface area contributed by atoms with Crippen LogP contribution in [0.3, 0.4) is 0 Å². The minimum Gasteiger partial charge on any atom is -0.381 e. The molecule has 29 heavy (non-hydrogen) atoms. The topological polar surface area (TPSA) is 48.0 Å². The molecule has 0 radical (unpaired) electrons. The predicted molar refractivity (Wildman–Crippen MR) is 117 cm³/mol. The SMILES string of the molecule is CC(C)(C)OCCCCCOCC1(CCC(=O)N2CC(OC(C)(C)C)C2)CCC1. The smallest absolute Gasteiger partial charge is 0.222 e. The summed E-state index contributed by atoms with van der Waals surface area (Å²) < 4.78 is 17.7. The number of likely N-dealkylation sites (tertiary alicyclic amines) is 1. The number of amides is 1. The van der Waals surface area contributed by atoms with Crippen molar-refractivity contribution in [2.24, 2.45) is 5.41 Å². The van der Waals surface area contributed by atoms with Gasteiger partial charge in [0.25, 0.3) is 0 Å². The molecular weight excluding hydrogens is 366 g/mol. The van der Waals surface area contributed by atoms with Crippen LogP contribution in [-0.2, 0) is 19.0 Å². The highest BCUT2D eigenvalue weighted by atomic mass is 16.5. The van der Waals surface area contributed by atoms with Crippen molar-refractivity contribution in [2.45, 2.75) is 110 Å². The Morgan fingerprint density at radius 3 is 2.17 bits per heavy atom. The Morgan fingerprint density at radius 2 is 1.62 bits per heavy atom.